The Morgan fingerprint density at radius 3 is 2.77 bits per heavy atom. The van der Waals surface area contributed by atoms with Gasteiger partial charge in [-0.25, -0.2) is 13.4 Å². The number of hydrogen-bond donors (Lipinski definition) is 2. The second kappa shape index (κ2) is 8.68. The molecule has 0 saturated carbocycles. The van der Waals surface area contributed by atoms with Crippen LogP contribution in [0.3, 0.4) is 0 Å². The quantitative estimate of drug-likeness (QED) is 0.580. The molecule has 0 radical (unpaired) electrons. The molecule has 2 N–H and O–H groups in total. The Balaban J connectivity index is 1.46. The van der Waals surface area contributed by atoms with E-state index in [0.29, 0.717) is 24.6 Å². The first-order valence-corrected chi connectivity index (χ1v) is 11.9. The van der Waals surface area contributed by atoms with Crippen molar-refractivity contribution in [2.24, 2.45) is 0 Å². The van der Waals surface area contributed by atoms with Gasteiger partial charge < -0.3 is 15.0 Å². The third-order valence-corrected chi connectivity index (χ3v) is 7.76. The number of imidazole rings is 1. The molecular weight excluding hydrogens is 424 g/mol. The summed E-state index contributed by atoms with van der Waals surface area (Å²) < 4.78 is 28.5. The van der Waals surface area contributed by atoms with Gasteiger partial charge in [0.05, 0.1) is 4.90 Å². The molecule has 1 amide bonds. The van der Waals surface area contributed by atoms with Gasteiger partial charge in [-0.2, -0.15) is 4.31 Å². The molecule has 158 valence electrons. The number of aliphatic hydroxyl groups excluding tert-OH is 1. The van der Waals surface area contributed by atoms with Crippen LogP contribution in [0.2, 0.25) is 0 Å². The van der Waals surface area contributed by atoms with Gasteiger partial charge in [-0.1, -0.05) is 12.1 Å². The molecule has 0 bridgehead atoms. The number of benzene rings is 1. The van der Waals surface area contributed by atoms with Crippen LogP contribution in [-0.2, 0) is 21.4 Å². The summed E-state index contributed by atoms with van der Waals surface area (Å²) in [6, 6.07) is 9.92. The fraction of sp³-hybridized carbons (Fsp3) is 0.300. The summed E-state index contributed by atoms with van der Waals surface area (Å²) in [7, 11) is -3.56. The number of carbonyl (C=O) groups excluding carboxylic acids is 1. The van der Waals surface area contributed by atoms with Crippen LogP contribution in [0.15, 0.2) is 59.1 Å². The maximum absolute atomic E-state index is 12.7. The van der Waals surface area contributed by atoms with Gasteiger partial charge in [0, 0.05) is 36.0 Å². The summed E-state index contributed by atoms with van der Waals surface area (Å²) >= 11 is 1.41. The third-order valence-electron chi connectivity index (χ3n) is 4.94. The van der Waals surface area contributed by atoms with Crippen molar-refractivity contribution in [3.8, 4) is 0 Å². The van der Waals surface area contributed by atoms with Crippen LogP contribution in [0.5, 0.6) is 0 Å². The Kier molecular flexibility index (Phi) is 6.00. The molecule has 1 saturated heterocycles. The monoisotopic (exact) mass is 446 g/mol. The third kappa shape index (κ3) is 4.31. The first-order chi connectivity index (χ1) is 14.4. The summed E-state index contributed by atoms with van der Waals surface area (Å²) in [6.07, 6.45) is 3.96. The zero-order chi connectivity index (χ0) is 21.1. The lowest BCUT2D eigenvalue weighted by Crippen LogP contribution is -2.28. The number of hydrogen-bond acceptors (Lipinski definition) is 6. The van der Waals surface area contributed by atoms with Crippen molar-refractivity contribution in [2.75, 3.05) is 18.4 Å². The highest BCUT2D eigenvalue weighted by atomic mass is 32.2. The van der Waals surface area contributed by atoms with Crippen molar-refractivity contribution in [3.63, 3.8) is 0 Å². The fourth-order valence-electron chi connectivity index (χ4n) is 3.44. The Morgan fingerprint density at radius 1 is 1.23 bits per heavy atom. The van der Waals surface area contributed by atoms with Gasteiger partial charge in [0.1, 0.15) is 18.5 Å². The van der Waals surface area contributed by atoms with E-state index < -0.39 is 16.1 Å². The van der Waals surface area contributed by atoms with Crippen molar-refractivity contribution >= 4 is 33.0 Å². The minimum atomic E-state index is -3.56. The molecule has 1 aromatic carbocycles. The van der Waals surface area contributed by atoms with E-state index in [9.17, 15) is 18.3 Å². The number of sulfonamides is 1. The molecule has 0 unspecified atom stereocenters. The van der Waals surface area contributed by atoms with Crippen molar-refractivity contribution in [3.05, 3.63) is 64.9 Å². The molecule has 0 spiro atoms. The topological polar surface area (TPSA) is 105 Å². The molecule has 1 fully saturated rings. The van der Waals surface area contributed by atoms with Crippen LogP contribution in [0, 0.1) is 0 Å². The predicted octanol–water partition coefficient (Wildman–Crippen LogP) is 2.45. The minimum Gasteiger partial charge on any atom is -0.380 e. The number of aromatic nitrogens is 2. The van der Waals surface area contributed by atoms with E-state index in [1.165, 1.54) is 34.0 Å². The van der Waals surface area contributed by atoms with Crippen LogP contribution in [0.25, 0.3) is 0 Å². The fourth-order valence-corrected chi connectivity index (χ4v) is 5.71. The van der Waals surface area contributed by atoms with Gasteiger partial charge in [0.15, 0.2) is 0 Å². The number of nitrogens with one attached hydrogen (secondary N) is 1. The average Bonchev–Trinajstić information content (AvgIpc) is 3.49. The van der Waals surface area contributed by atoms with Crippen LogP contribution in [0.1, 0.15) is 29.6 Å². The van der Waals surface area contributed by atoms with E-state index >= 15 is 0 Å². The first kappa shape index (κ1) is 20.7. The van der Waals surface area contributed by atoms with Gasteiger partial charge in [-0.3, -0.25) is 4.79 Å². The van der Waals surface area contributed by atoms with Crippen LogP contribution in [-0.4, -0.2) is 46.4 Å². The summed E-state index contributed by atoms with van der Waals surface area (Å²) in [4.78, 5) is 17.6. The predicted molar refractivity (Wildman–Crippen MR) is 114 cm³/mol. The minimum absolute atomic E-state index is 0.0547. The second-order valence-electron chi connectivity index (χ2n) is 7.02. The van der Waals surface area contributed by atoms with E-state index in [4.69, 9.17) is 0 Å². The molecule has 3 aromatic rings. The van der Waals surface area contributed by atoms with E-state index in [2.05, 4.69) is 10.3 Å². The van der Waals surface area contributed by atoms with Crippen LogP contribution >= 0.6 is 11.3 Å². The lowest BCUT2D eigenvalue weighted by molar-refractivity contribution is -0.116. The molecule has 1 aliphatic heterocycles. The zero-order valence-corrected chi connectivity index (χ0v) is 17.8. The van der Waals surface area contributed by atoms with Gasteiger partial charge in [0.2, 0.25) is 15.9 Å². The number of anilines is 1. The van der Waals surface area contributed by atoms with Gasteiger partial charge in [0.25, 0.3) is 0 Å². The van der Waals surface area contributed by atoms with Crippen LogP contribution in [0.4, 0.5) is 5.69 Å². The van der Waals surface area contributed by atoms with Crippen molar-refractivity contribution in [1.82, 2.24) is 13.9 Å². The van der Waals surface area contributed by atoms with E-state index in [0.717, 1.165) is 17.7 Å². The van der Waals surface area contributed by atoms with Crippen LogP contribution < -0.4 is 5.32 Å². The van der Waals surface area contributed by atoms with Gasteiger partial charge in [-0.15, -0.1) is 11.3 Å². The highest BCUT2D eigenvalue weighted by Crippen LogP contribution is 2.25. The first-order valence-electron chi connectivity index (χ1n) is 9.58. The maximum atomic E-state index is 12.7. The summed E-state index contributed by atoms with van der Waals surface area (Å²) in [5.74, 6) is 0.0290. The Bertz CT molecular complexity index is 1120. The highest BCUT2D eigenvalue weighted by molar-refractivity contribution is 7.89. The van der Waals surface area contributed by atoms with E-state index in [1.54, 1.807) is 29.0 Å². The second-order valence-corrected chi connectivity index (χ2v) is 9.94. The molecule has 10 heteroatoms. The number of rotatable bonds is 7. The summed E-state index contributed by atoms with van der Waals surface area (Å²) in [6.45, 7) is 0.991. The lowest BCUT2D eigenvalue weighted by atomic mass is 10.2. The van der Waals surface area contributed by atoms with E-state index in [-0.39, 0.29) is 17.3 Å². The lowest BCUT2D eigenvalue weighted by Gasteiger charge is -2.16. The molecule has 1 aliphatic rings. The van der Waals surface area contributed by atoms with Crippen molar-refractivity contribution < 1.29 is 18.3 Å². The van der Waals surface area contributed by atoms with Crippen molar-refractivity contribution in [2.45, 2.75) is 30.4 Å². The molecule has 3 heterocycles. The molecule has 2 aromatic heterocycles. The average molecular weight is 447 g/mol. The molecule has 0 aliphatic carbocycles. The zero-order valence-electron chi connectivity index (χ0n) is 16.1. The molecular formula is C20H22N4O4S2. The van der Waals surface area contributed by atoms with Gasteiger partial charge >= 0.3 is 0 Å². The summed E-state index contributed by atoms with van der Waals surface area (Å²) in [5.41, 5.74) is 0.403. The number of carbonyl (C=O) groups is 1. The normalized spacial score (nSPS) is 15.9. The smallest absolute Gasteiger partial charge is 0.244 e. The standard InChI is InChI=1S/C20H22N4O4S2/c25-18(14-23-11-8-21-20(23)19(26)17-7-4-12-29-17)22-15-5-3-6-16(13-15)30(27,28)24-9-1-2-10-24/h3-8,11-13,19,26H,1-2,9-10,14H2,(H,22,25)/t19-/m0/s1. The van der Waals surface area contributed by atoms with E-state index in [1.807, 2.05) is 11.4 Å². The molecule has 30 heavy (non-hydrogen) atoms. The number of aliphatic hydroxyl groups is 1. The number of nitrogens with zero attached hydrogens (tertiary/aromatic N) is 3. The maximum Gasteiger partial charge on any atom is 0.244 e. The Morgan fingerprint density at radius 2 is 2.03 bits per heavy atom. The highest BCUT2D eigenvalue weighted by Gasteiger charge is 2.27. The summed E-state index contributed by atoms with van der Waals surface area (Å²) in [5, 5.41) is 15.1. The number of amides is 1. The largest absolute Gasteiger partial charge is 0.380 e. The number of thiophene rings is 1. The van der Waals surface area contributed by atoms with Crippen molar-refractivity contribution in [1.29, 1.82) is 0 Å². The molecule has 1 atom stereocenters. The Labute approximate surface area is 178 Å². The molecule has 8 nitrogen and oxygen atoms in total. The van der Waals surface area contributed by atoms with Gasteiger partial charge in [-0.05, 0) is 42.5 Å². The SMILES string of the molecule is O=C(Cn1ccnc1[C@@H](O)c1cccs1)Nc1cccc(S(=O)(=O)N2CCCC2)c1. The Hall–Kier alpha value is -2.53. The molecule has 4 rings (SSSR count).